The summed E-state index contributed by atoms with van der Waals surface area (Å²) in [5, 5.41) is 16.5. The van der Waals surface area contributed by atoms with Crippen molar-refractivity contribution in [2.45, 2.75) is 64.7 Å². The first-order valence-electron chi connectivity index (χ1n) is 14.6. The van der Waals surface area contributed by atoms with Crippen molar-refractivity contribution in [3.05, 3.63) is 81.8 Å². The topological polar surface area (TPSA) is 81.2 Å². The third kappa shape index (κ3) is 6.12. The van der Waals surface area contributed by atoms with Crippen LogP contribution in [0.15, 0.2) is 59.4 Å². The number of aromatic nitrogens is 3. The van der Waals surface area contributed by atoms with Crippen LogP contribution in [0.5, 0.6) is 5.75 Å². The second-order valence-corrected chi connectivity index (χ2v) is 17.7. The summed E-state index contributed by atoms with van der Waals surface area (Å²) in [6.07, 6.45) is 2.25. The number of methoxy groups -OCH3 is 1. The summed E-state index contributed by atoms with van der Waals surface area (Å²) in [7, 11) is 0.313. The number of aliphatic hydroxyl groups excluding tert-OH is 1. The number of piperidine rings is 1. The molecule has 2 aromatic carbocycles. The van der Waals surface area contributed by atoms with Crippen LogP contribution in [0.4, 0.5) is 5.69 Å². The van der Waals surface area contributed by atoms with E-state index in [1.54, 1.807) is 31.4 Å². The van der Waals surface area contributed by atoms with Gasteiger partial charge in [0.25, 0.3) is 5.56 Å². The van der Waals surface area contributed by atoms with Crippen molar-refractivity contribution in [1.29, 1.82) is 0 Å². The number of anilines is 1. The van der Waals surface area contributed by atoms with E-state index in [1.807, 2.05) is 41.8 Å². The van der Waals surface area contributed by atoms with Crippen LogP contribution in [0, 0.1) is 6.92 Å². The molecule has 5 rings (SSSR count). The molecule has 0 aliphatic carbocycles. The van der Waals surface area contributed by atoms with Gasteiger partial charge in [-0.05, 0) is 49.9 Å². The zero-order valence-electron chi connectivity index (χ0n) is 24.9. The van der Waals surface area contributed by atoms with Crippen molar-refractivity contribution in [2.24, 2.45) is 0 Å². The fraction of sp³-hybridized carbons (Fsp3) is 0.438. The van der Waals surface area contributed by atoms with Crippen molar-refractivity contribution in [2.75, 3.05) is 31.7 Å². The van der Waals surface area contributed by atoms with Crippen molar-refractivity contribution >= 4 is 19.4 Å². The predicted molar refractivity (Wildman–Crippen MR) is 167 cm³/mol. The smallest absolute Gasteiger partial charge is 0.280 e. The summed E-state index contributed by atoms with van der Waals surface area (Å²) in [5.41, 5.74) is 4.67. The van der Waals surface area contributed by atoms with Crippen LogP contribution < -0.4 is 15.2 Å². The normalized spacial score (nSPS) is 14.9. The van der Waals surface area contributed by atoms with Gasteiger partial charge in [0.1, 0.15) is 30.0 Å². The first kappa shape index (κ1) is 29.1. The molecule has 41 heavy (non-hydrogen) atoms. The Morgan fingerprint density at radius 2 is 1.68 bits per heavy atom. The Hall–Kier alpha value is -3.40. The quantitative estimate of drug-likeness (QED) is 0.189. The molecule has 3 heterocycles. The van der Waals surface area contributed by atoms with Gasteiger partial charge in [0.05, 0.1) is 12.7 Å². The van der Waals surface area contributed by atoms with Gasteiger partial charge in [-0.2, -0.15) is 9.61 Å². The highest BCUT2D eigenvalue weighted by Gasteiger charge is 2.30. The van der Waals surface area contributed by atoms with Crippen LogP contribution in [0.25, 0.3) is 16.9 Å². The van der Waals surface area contributed by atoms with Crippen LogP contribution in [0.3, 0.4) is 0 Å². The molecule has 1 N–H and O–H groups in total. The maximum atomic E-state index is 14.2. The number of fused-ring (bicyclic) bond motifs is 1. The van der Waals surface area contributed by atoms with Crippen LogP contribution >= 0.6 is 0 Å². The third-order valence-corrected chi connectivity index (χ3v) is 9.66. The lowest BCUT2D eigenvalue weighted by atomic mass is 10.0. The molecule has 0 amide bonds. The van der Waals surface area contributed by atoms with Crippen LogP contribution in [-0.4, -0.2) is 54.2 Å². The van der Waals surface area contributed by atoms with Gasteiger partial charge in [-0.1, -0.05) is 62.1 Å². The summed E-state index contributed by atoms with van der Waals surface area (Å²) < 4.78 is 15.1. The lowest BCUT2D eigenvalue weighted by molar-refractivity contribution is 0.0868. The summed E-state index contributed by atoms with van der Waals surface area (Å²) in [6, 6.07) is 18.3. The summed E-state index contributed by atoms with van der Waals surface area (Å²) >= 11 is 0. The first-order chi connectivity index (χ1) is 19.7. The van der Waals surface area contributed by atoms with Gasteiger partial charge in [-0.3, -0.25) is 4.79 Å². The minimum atomic E-state index is -1.29. The second-order valence-electron chi connectivity index (χ2n) is 12.1. The summed E-state index contributed by atoms with van der Waals surface area (Å²) in [4.78, 5) is 16.6. The van der Waals surface area contributed by atoms with E-state index in [2.05, 4.69) is 24.5 Å². The average molecular weight is 575 g/mol. The standard InChI is InChI=1S/C32H42N4O4Si/c1-23-27(30(37)25-14-16-26(39-2)17-15-25)32(38)36-31(35(23)22-40-20-21-41(3,4)5)29(34-18-10-7-11-19-34)28(33-36)24-12-8-6-9-13-24/h6,8-9,12-17,30,37H,7,10-11,18-22H2,1-5H3. The molecule has 1 fully saturated rings. The van der Waals surface area contributed by atoms with E-state index in [-0.39, 0.29) is 12.3 Å². The molecule has 0 saturated carbocycles. The zero-order chi connectivity index (χ0) is 29.1. The number of benzene rings is 2. The van der Waals surface area contributed by atoms with E-state index < -0.39 is 14.2 Å². The third-order valence-electron chi connectivity index (χ3n) is 7.95. The SMILES string of the molecule is COc1ccc(C(O)c2c(C)n(COCC[Si](C)(C)C)c3c(N4CCCCC4)c(-c4ccccc4)nn3c2=O)cc1. The monoisotopic (exact) mass is 574 g/mol. The molecular formula is C32H42N4O4Si. The molecule has 0 radical (unpaired) electrons. The van der Waals surface area contributed by atoms with Gasteiger partial charge in [0, 0.05) is 39.0 Å². The highest BCUT2D eigenvalue weighted by molar-refractivity contribution is 6.76. The molecule has 0 spiro atoms. The molecule has 8 nitrogen and oxygen atoms in total. The van der Waals surface area contributed by atoms with E-state index in [1.165, 1.54) is 10.9 Å². The van der Waals surface area contributed by atoms with E-state index in [9.17, 15) is 9.90 Å². The highest BCUT2D eigenvalue weighted by Crippen LogP contribution is 2.37. The minimum Gasteiger partial charge on any atom is -0.497 e. The first-order valence-corrected chi connectivity index (χ1v) is 18.3. The Balaban J connectivity index is 1.72. The molecule has 1 unspecified atom stereocenters. The molecule has 9 heteroatoms. The van der Waals surface area contributed by atoms with Crippen molar-refractivity contribution in [1.82, 2.24) is 14.2 Å². The lowest BCUT2D eigenvalue weighted by Gasteiger charge is -2.30. The second kappa shape index (κ2) is 12.2. The van der Waals surface area contributed by atoms with E-state index in [4.69, 9.17) is 14.6 Å². The number of hydrogen-bond donors (Lipinski definition) is 1. The van der Waals surface area contributed by atoms with Crippen molar-refractivity contribution in [3.63, 3.8) is 0 Å². The van der Waals surface area contributed by atoms with E-state index in [0.717, 1.165) is 48.9 Å². The molecule has 1 saturated heterocycles. The Morgan fingerprint density at radius 3 is 2.32 bits per heavy atom. The molecular weight excluding hydrogens is 532 g/mol. The molecule has 1 atom stereocenters. The van der Waals surface area contributed by atoms with Gasteiger partial charge in [-0.25, -0.2) is 0 Å². The Labute approximate surface area is 243 Å². The van der Waals surface area contributed by atoms with Crippen LogP contribution in [-0.2, 0) is 11.5 Å². The maximum absolute atomic E-state index is 14.2. The van der Waals surface area contributed by atoms with E-state index >= 15 is 0 Å². The number of ether oxygens (including phenoxy) is 2. The Bertz CT molecular complexity index is 1530. The molecule has 0 bridgehead atoms. The van der Waals surface area contributed by atoms with Gasteiger partial charge in [0.15, 0.2) is 5.65 Å². The Kier molecular flexibility index (Phi) is 8.68. The van der Waals surface area contributed by atoms with E-state index in [0.29, 0.717) is 34.8 Å². The number of nitrogens with zero attached hydrogens (tertiary/aromatic N) is 4. The van der Waals surface area contributed by atoms with Gasteiger partial charge in [0.2, 0.25) is 0 Å². The van der Waals surface area contributed by atoms with Crippen LogP contribution in [0.2, 0.25) is 25.7 Å². The number of hydrogen-bond acceptors (Lipinski definition) is 6. The van der Waals surface area contributed by atoms with Gasteiger partial charge in [-0.15, -0.1) is 0 Å². The minimum absolute atomic E-state index is 0.267. The van der Waals surface area contributed by atoms with Crippen LogP contribution in [0.1, 0.15) is 42.2 Å². The maximum Gasteiger partial charge on any atom is 0.280 e. The molecule has 218 valence electrons. The largest absolute Gasteiger partial charge is 0.497 e. The van der Waals surface area contributed by atoms with Crippen molar-refractivity contribution < 1.29 is 14.6 Å². The fourth-order valence-electron chi connectivity index (χ4n) is 5.52. The molecule has 2 aromatic heterocycles. The molecule has 1 aliphatic rings. The highest BCUT2D eigenvalue weighted by atomic mass is 28.3. The fourth-order valence-corrected chi connectivity index (χ4v) is 6.27. The summed E-state index contributed by atoms with van der Waals surface area (Å²) in [5.74, 6) is 0.687. The molecule has 4 aromatic rings. The lowest BCUT2D eigenvalue weighted by Crippen LogP contribution is -2.32. The predicted octanol–water partition coefficient (Wildman–Crippen LogP) is 5.86. The van der Waals surface area contributed by atoms with Gasteiger partial charge >= 0.3 is 0 Å². The number of aliphatic hydroxyl groups is 1. The zero-order valence-corrected chi connectivity index (χ0v) is 25.9. The molecule has 1 aliphatic heterocycles. The summed E-state index contributed by atoms with van der Waals surface area (Å²) in [6.45, 7) is 11.6. The Morgan fingerprint density at radius 1 is 1.00 bits per heavy atom. The van der Waals surface area contributed by atoms with Gasteiger partial charge < -0.3 is 24.0 Å². The average Bonchev–Trinajstić information content (AvgIpc) is 3.38. The van der Waals surface area contributed by atoms with Crippen molar-refractivity contribution in [3.8, 4) is 17.0 Å². The number of rotatable bonds is 10.